The Morgan fingerprint density at radius 2 is 2.06 bits per heavy atom. The van der Waals surface area contributed by atoms with Crippen molar-refractivity contribution in [3.63, 3.8) is 0 Å². The number of carbonyl (C=O) groups excluding carboxylic acids is 1. The van der Waals surface area contributed by atoms with Crippen molar-refractivity contribution in [3.8, 4) is 0 Å². The second-order valence-corrected chi connectivity index (χ2v) is 4.53. The lowest BCUT2D eigenvalue weighted by Gasteiger charge is -2.16. The van der Waals surface area contributed by atoms with Crippen molar-refractivity contribution < 1.29 is 4.79 Å². The van der Waals surface area contributed by atoms with Gasteiger partial charge in [-0.3, -0.25) is 4.79 Å². The van der Waals surface area contributed by atoms with Gasteiger partial charge in [-0.05, 0) is 24.8 Å². The molecule has 0 bridgehead atoms. The monoisotopic (exact) mass is 217 g/mol. The van der Waals surface area contributed by atoms with Crippen molar-refractivity contribution in [2.75, 3.05) is 0 Å². The van der Waals surface area contributed by atoms with Crippen LogP contribution in [0.5, 0.6) is 0 Å². The van der Waals surface area contributed by atoms with Crippen LogP contribution in [0.1, 0.15) is 44.1 Å². The molecule has 1 fully saturated rings. The predicted octanol–water partition coefficient (Wildman–Crippen LogP) is 2.85. The van der Waals surface area contributed by atoms with Crippen LogP contribution in [0.2, 0.25) is 0 Å². The van der Waals surface area contributed by atoms with Crippen molar-refractivity contribution in [3.05, 3.63) is 35.9 Å². The molecule has 1 aliphatic rings. The van der Waals surface area contributed by atoms with E-state index in [-0.39, 0.29) is 11.8 Å². The summed E-state index contributed by atoms with van der Waals surface area (Å²) in [6.07, 6.45) is 4.28. The minimum Gasteiger partial charge on any atom is -0.353 e. The minimum atomic E-state index is 0.0341. The molecule has 1 aliphatic carbocycles. The summed E-state index contributed by atoms with van der Waals surface area (Å²) in [4.78, 5) is 12.1. The summed E-state index contributed by atoms with van der Waals surface area (Å²) in [6, 6.07) is 10.5. The highest BCUT2D eigenvalue weighted by molar-refractivity contribution is 5.84. The lowest BCUT2D eigenvalue weighted by atomic mass is 9.93. The Morgan fingerprint density at radius 3 is 2.62 bits per heavy atom. The van der Waals surface area contributed by atoms with Crippen LogP contribution in [0, 0.1) is 0 Å². The van der Waals surface area contributed by atoms with Crippen LogP contribution in [-0.4, -0.2) is 11.9 Å². The Kier molecular flexibility index (Phi) is 3.60. The van der Waals surface area contributed by atoms with Gasteiger partial charge in [0.05, 0.1) is 5.92 Å². The van der Waals surface area contributed by atoms with Crippen LogP contribution < -0.4 is 5.32 Å². The van der Waals surface area contributed by atoms with Gasteiger partial charge in [-0.1, -0.05) is 43.7 Å². The lowest BCUT2D eigenvalue weighted by Crippen LogP contribution is -2.31. The van der Waals surface area contributed by atoms with Crippen molar-refractivity contribution in [2.24, 2.45) is 0 Å². The van der Waals surface area contributed by atoms with Crippen molar-refractivity contribution >= 4 is 5.91 Å². The van der Waals surface area contributed by atoms with E-state index in [1.54, 1.807) is 0 Å². The molecule has 0 heterocycles. The highest BCUT2D eigenvalue weighted by Crippen LogP contribution is 2.25. The standard InChI is InChI=1S/C14H19NO/c1-2-6-13(11-7-4-3-5-8-11)14(16)15-12-9-10-12/h3-5,7-8,12-13H,2,6,9-10H2,1H3,(H,15,16). The van der Waals surface area contributed by atoms with Crippen LogP contribution >= 0.6 is 0 Å². The van der Waals surface area contributed by atoms with E-state index in [0.29, 0.717) is 6.04 Å². The van der Waals surface area contributed by atoms with Gasteiger partial charge in [0.2, 0.25) is 5.91 Å². The molecular weight excluding hydrogens is 198 g/mol. The molecule has 1 aromatic carbocycles. The summed E-state index contributed by atoms with van der Waals surface area (Å²) in [5.41, 5.74) is 1.14. The van der Waals surface area contributed by atoms with Crippen molar-refractivity contribution in [1.29, 1.82) is 0 Å². The lowest BCUT2D eigenvalue weighted by molar-refractivity contribution is -0.122. The number of hydrogen-bond acceptors (Lipinski definition) is 1. The van der Waals surface area contributed by atoms with Gasteiger partial charge in [-0.25, -0.2) is 0 Å². The molecule has 1 aromatic rings. The third-order valence-electron chi connectivity index (χ3n) is 3.02. The summed E-state index contributed by atoms with van der Waals surface area (Å²) < 4.78 is 0. The molecule has 0 spiro atoms. The maximum atomic E-state index is 12.1. The fourth-order valence-corrected chi connectivity index (χ4v) is 1.95. The van der Waals surface area contributed by atoms with Gasteiger partial charge < -0.3 is 5.32 Å². The third-order valence-corrected chi connectivity index (χ3v) is 3.02. The highest BCUT2D eigenvalue weighted by atomic mass is 16.2. The first kappa shape index (κ1) is 11.2. The number of rotatable bonds is 5. The van der Waals surface area contributed by atoms with Gasteiger partial charge in [0.1, 0.15) is 0 Å². The van der Waals surface area contributed by atoms with Crippen LogP contribution in [0.15, 0.2) is 30.3 Å². The smallest absolute Gasteiger partial charge is 0.227 e. The zero-order valence-corrected chi connectivity index (χ0v) is 9.78. The van der Waals surface area contributed by atoms with Crippen LogP contribution in [0.3, 0.4) is 0 Å². The topological polar surface area (TPSA) is 29.1 Å². The Hall–Kier alpha value is -1.31. The summed E-state index contributed by atoms with van der Waals surface area (Å²) in [5, 5.41) is 3.10. The van der Waals surface area contributed by atoms with E-state index in [1.165, 1.54) is 0 Å². The molecule has 1 N–H and O–H groups in total. The van der Waals surface area contributed by atoms with Gasteiger partial charge in [0.25, 0.3) is 0 Å². The molecule has 16 heavy (non-hydrogen) atoms. The normalized spacial score (nSPS) is 16.8. The van der Waals surface area contributed by atoms with E-state index in [9.17, 15) is 4.79 Å². The van der Waals surface area contributed by atoms with Gasteiger partial charge >= 0.3 is 0 Å². The molecule has 0 saturated heterocycles. The molecule has 1 atom stereocenters. The first-order valence-electron chi connectivity index (χ1n) is 6.16. The van der Waals surface area contributed by atoms with Crippen LogP contribution in [-0.2, 0) is 4.79 Å². The molecule has 0 radical (unpaired) electrons. The van der Waals surface area contributed by atoms with E-state index < -0.39 is 0 Å². The summed E-state index contributed by atoms with van der Waals surface area (Å²) in [7, 11) is 0. The maximum Gasteiger partial charge on any atom is 0.227 e. The summed E-state index contributed by atoms with van der Waals surface area (Å²) >= 11 is 0. The average molecular weight is 217 g/mol. The Bertz CT molecular complexity index is 343. The first-order chi connectivity index (χ1) is 7.81. The Labute approximate surface area is 97.1 Å². The second-order valence-electron chi connectivity index (χ2n) is 4.53. The van der Waals surface area contributed by atoms with Crippen LogP contribution in [0.4, 0.5) is 0 Å². The predicted molar refractivity (Wildman–Crippen MR) is 65.3 cm³/mol. The molecule has 1 amide bonds. The number of carbonyl (C=O) groups is 1. The second kappa shape index (κ2) is 5.15. The molecule has 1 saturated carbocycles. The largest absolute Gasteiger partial charge is 0.353 e. The fraction of sp³-hybridized carbons (Fsp3) is 0.500. The molecule has 86 valence electrons. The molecule has 2 heteroatoms. The number of amides is 1. The maximum absolute atomic E-state index is 12.1. The molecule has 0 aliphatic heterocycles. The molecule has 0 aromatic heterocycles. The SMILES string of the molecule is CCCC(C(=O)NC1CC1)c1ccccc1. The third kappa shape index (κ3) is 2.84. The molecule has 2 rings (SSSR count). The van der Waals surface area contributed by atoms with E-state index in [0.717, 1.165) is 31.2 Å². The fourth-order valence-electron chi connectivity index (χ4n) is 1.95. The minimum absolute atomic E-state index is 0.0341. The molecular formula is C14H19NO. The Balaban J connectivity index is 2.06. The quantitative estimate of drug-likeness (QED) is 0.807. The van der Waals surface area contributed by atoms with Crippen LogP contribution in [0.25, 0.3) is 0 Å². The number of hydrogen-bond donors (Lipinski definition) is 1. The van der Waals surface area contributed by atoms with Gasteiger partial charge in [0.15, 0.2) is 0 Å². The highest BCUT2D eigenvalue weighted by Gasteiger charge is 2.27. The van der Waals surface area contributed by atoms with Crippen molar-refractivity contribution in [2.45, 2.75) is 44.6 Å². The van der Waals surface area contributed by atoms with Gasteiger partial charge in [-0.2, -0.15) is 0 Å². The average Bonchev–Trinajstić information content (AvgIpc) is 3.11. The van der Waals surface area contributed by atoms with Crippen molar-refractivity contribution in [1.82, 2.24) is 5.32 Å². The van der Waals surface area contributed by atoms with E-state index in [1.807, 2.05) is 30.3 Å². The Morgan fingerprint density at radius 1 is 1.38 bits per heavy atom. The van der Waals surface area contributed by atoms with Gasteiger partial charge in [0, 0.05) is 6.04 Å². The van der Waals surface area contributed by atoms with Gasteiger partial charge in [-0.15, -0.1) is 0 Å². The zero-order valence-electron chi connectivity index (χ0n) is 9.78. The zero-order chi connectivity index (χ0) is 11.4. The van der Waals surface area contributed by atoms with E-state index in [2.05, 4.69) is 12.2 Å². The molecule has 2 nitrogen and oxygen atoms in total. The number of nitrogens with one attached hydrogen (secondary N) is 1. The van der Waals surface area contributed by atoms with E-state index in [4.69, 9.17) is 0 Å². The summed E-state index contributed by atoms with van der Waals surface area (Å²) in [6.45, 7) is 2.13. The van der Waals surface area contributed by atoms with E-state index >= 15 is 0 Å². The number of benzene rings is 1. The molecule has 1 unspecified atom stereocenters. The first-order valence-corrected chi connectivity index (χ1v) is 6.16. The summed E-state index contributed by atoms with van der Waals surface area (Å²) in [5.74, 6) is 0.238.